The SMILES string of the molecule is COc1nn(CCC(=O)Nc2cc(Cl)ccc2O)cc1[N+](=O)[O-]. The third kappa shape index (κ3) is 4.10. The zero-order chi connectivity index (χ0) is 17.0. The number of nitrogens with one attached hydrogen (secondary N) is 1. The maximum absolute atomic E-state index is 11.9. The number of amides is 1. The second-order valence-electron chi connectivity index (χ2n) is 4.50. The van der Waals surface area contributed by atoms with Crippen LogP contribution in [0.25, 0.3) is 0 Å². The van der Waals surface area contributed by atoms with Gasteiger partial charge in [-0.25, -0.2) is 0 Å². The van der Waals surface area contributed by atoms with E-state index in [4.69, 9.17) is 16.3 Å². The van der Waals surface area contributed by atoms with Crippen molar-refractivity contribution in [1.29, 1.82) is 0 Å². The van der Waals surface area contributed by atoms with Gasteiger partial charge in [0.2, 0.25) is 5.91 Å². The third-order valence-electron chi connectivity index (χ3n) is 2.90. The molecule has 0 saturated heterocycles. The molecule has 0 aliphatic carbocycles. The Labute approximate surface area is 135 Å². The topological polar surface area (TPSA) is 120 Å². The van der Waals surface area contributed by atoms with Crippen LogP contribution in [-0.2, 0) is 11.3 Å². The van der Waals surface area contributed by atoms with Crippen LogP contribution in [0.2, 0.25) is 5.02 Å². The molecule has 0 atom stereocenters. The fourth-order valence-corrected chi connectivity index (χ4v) is 1.99. The second kappa shape index (κ2) is 6.97. The molecule has 2 rings (SSSR count). The summed E-state index contributed by atoms with van der Waals surface area (Å²) in [6.45, 7) is 0.108. The van der Waals surface area contributed by atoms with Gasteiger partial charge in [0, 0.05) is 11.4 Å². The molecule has 1 amide bonds. The Bertz CT molecular complexity index is 746. The highest BCUT2D eigenvalue weighted by molar-refractivity contribution is 6.31. The number of aryl methyl sites for hydroxylation is 1. The first-order chi connectivity index (χ1) is 10.9. The normalized spacial score (nSPS) is 10.3. The number of carbonyl (C=O) groups is 1. The van der Waals surface area contributed by atoms with E-state index in [9.17, 15) is 20.0 Å². The number of aromatic hydroxyl groups is 1. The molecule has 0 spiro atoms. The number of ether oxygens (including phenoxy) is 1. The summed E-state index contributed by atoms with van der Waals surface area (Å²) in [6.07, 6.45) is 1.18. The zero-order valence-electron chi connectivity index (χ0n) is 12.0. The maximum Gasteiger partial charge on any atom is 0.350 e. The van der Waals surface area contributed by atoms with Crippen molar-refractivity contribution in [2.24, 2.45) is 0 Å². The maximum atomic E-state index is 11.9. The first-order valence-electron chi connectivity index (χ1n) is 6.45. The highest BCUT2D eigenvalue weighted by Gasteiger charge is 2.20. The van der Waals surface area contributed by atoms with Crippen molar-refractivity contribution in [2.75, 3.05) is 12.4 Å². The smallest absolute Gasteiger partial charge is 0.350 e. The van der Waals surface area contributed by atoms with Gasteiger partial charge in [-0.05, 0) is 18.2 Å². The van der Waals surface area contributed by atoms with Gasteiger partial charge >= 0.3 is 11.6 Å². The number of hydrogen-bond acceptors (Lipinski definition) is 6. The average molecular weight is 341 g/mol. The molecule has 1 aromatic carbocycles. The van der Waals surface area contributed by atoms with Gasteiger partial charge in [0.25, 0.3) is 0 Å². The van der Waals surface area contributed by atoms with Gasteiger partial charge in [0.05, 0.1) is 24.3 Å². The van der Waals surface area contributed by atoms with Crippen molar-refractivity contribution < 1.29 is 19.6 Å². The number of phenolic OH excluding ortho intramolecular Hbond substituents is 1. The van der Waals surface area contributed by atoms with E-state index in [1.165, 1.54) is 36.2 Å². The molecule has 9 nitrogen and oxygen atoms in total. The van der Waals surface area contributed by atoms with Crippen molar-refractivity contribution in [3.63, 3.8) is 0 Å². The number of nitro groups is 1. The Kier molecular flexibility index (Phi) is 5.02. The summed E-state index contributed by atoms with van der Waals surface area (Å²) in [5.74, 6) is -0.637. The Morgan fingerprint density at radius 2 is 2.30 bits per heavy atom. The molecule has 1 aromatic heterocycles. The van der Waals surface area contributed by atoms with E-state index < -0.39 is 10.8 Å². The Hall–Kier alpha value is -2.81. The summed E-state index contributed by atoms with van der Waals surface area (Å²) in [7, 11) is 1.27. The van der Waals surface area contributed by atoms with Crippen molar-refractivity contribution >= 4 is 28.9 Å². The lowest BCUT2D eigenvalue weighted by Crippen LogP contribution is -2.14. The van der Waals surface area contributed by atoms with E-state index in [-0.39, 0.29) is 36.0 Å². The Balaban J connectivity index is 1.99. The fraction of sp³-hybridized carbons (Fsp3) is 0.231. The molecule has 0 aliphatic heterocycles. The van der Waals surface area contributed by atoms with Crippen LogP contribution in [0.5, 0.6) is 11.6 Å². The third-order valence-corrected chi connectivity index (χ3v) is 3.14. The number of hydrogen-bond donors (Lipinski definition) is 2. The van der Waals surface area contributed by atoms with Gasteiger partial charge in [0.1, 0.15) is 11.9 Å². The van der Waals surface area contributed by atoms with E-state index in [0.29, 0.717) is 5.02 Å². The summed E-state index contributed by atoms with van der Waals surface area (Å²) in [5, 5.41) is 27.1. The first-order valence-corrected chi connectivity index (χ1v) is 6.82. The van der Waals surface area contributed by atoms with E-state index in [1.807, 2.05) is 0 Å². The Morgan fingerprint density at radius 3 is 2.91 bits per heavy atom. The van der Waals surface area contributed by atoms with E-state index in [0.717, 1.165) is 0 Å². The number of anilines is 1. The summed E-state index contributed by atoms with van der Waals surface area (Å²) >= 11 is 5.78. The van der Waals surface area contributed by atoms with Crippen LogP contribution in [0.3, 0.4) is 0 Å². The van der Waals surface area contributed by atoms with Crippen LogP contribution < -0.4 is 10.1 Å². The number of carbonyl (C=O) groups excluding carboxylic acids is 1. The Morgan fingerprint density at radius 1 is 1.57 bits per heavy atom. The molecular formula is C13H13ClN4O5. The van der Waals surface area contributed by atoms with Crippen LogP contribution in [-0.4, -0.2) is 32.8 Å². The van der Waals surface area contributed by atoms with Crippen LogP contribution in [0.15, 0.2) is 24.4 Å². The number of nitrogens with zero attached hydrogens (tertiary/aromatic N) is 3. The van der Waals surface area contributed by atoms with E-state index in [1.54, 1.807) is 0 Å². The predicted octanol–water partition coefficient (Wildman–Crippen LogP) is 2.19. The van der Waals surface area contributed by atoms with Gasteiger partial charge in [-0.1, -0.05) is 11.6 Å². The van der Waals surface area contributed by atoms with Crippen LogP contribution in [0.1, 0.15) is 6.42 Å². The molecule has 0 unspecified atom stereocenters. The monoisotopic (exact) mass is 340 g/mol. The standard InChI is InChI=1S/C13H13ClN4O5/c1-23-13-10(18(21)22)7-17(16-13)5-4-12(20)15-9-6-8(14)2-3-11(9)19/h2-3,6-7,19H,4-5H2,1H3,(H,15,20). The lowest BCUT2D eigenvalue weighted by molar-refractivity contribution is -0.385. The number of aromatic nitrogens is 2. The van der Waals surface area contributed by atoms with Crippen LogP contribution >= 0.6 is 11.6 Å². The average Bonchev–Trinajstić information content (AvgIpc) is 2.92. The molecular weight excluding hydrogens is 328 g/mol. The van der Waals surface area contributed by atoms with Gasteiger partial charge in [-0.2, -0.15) is 0 Å². The minimum absolute atomic E-state index is 0.00601. The molecule has 1 heterocycles. The van der Waals surface area contributed by atoms with E-state index >= 15 is 0 Å². The molecule has 2 aromatic rings. The van der Waals surface area contributed by atoms with E-state index in [2.05, 4.69) is 10.4 Å². The quantitative estimate of drug-likeness (QED) is 0.472. The van der Waals surface area contributed by atoms with Gasteiger partial charge in [-0.3, -0.25) is 19.6 Å². The summed E-state index contributed by atoms with van der Waals surface area (Å²) in [5.41, 5.74) is -0.0908. The number of halogens is 1. The lowest BCUT2D eigenvalue weighted by Gasteiger charge is -2.07. The number of methoxy groups -OCH3 is 1. The number of phenols is 1. The number of benzene rings is 1. The molecule has 23 heavy (non-hydrogen) atoms. The summed E-state index contributed by atoms with van der Waals surface area (Å²) < 4.78 is 6.04. The molecule has 122 valence electrons. The molecule has 0 saturated carbocycles. The van der Waals surface area contributed by atoms with Gasteiger partial charge in [0.15, 0.2) is 0 Å². The van der Waals surface area contributed by atoms with Gasteiger partial charge < -0.3 is 15.2 Å². The molecule has 0 fully saturated rings. The highest BCUT2D eigenvalue weighted by atomic mass is 35.5. The summed E-state index contributed by atoms with van der Waals surface area (Å²) in [6, 6.07) is 4.26. The highest BCUT2D eigenvalue weighted by Crippen LogP contribution is 2.27. The summed E-state index contributed by atoms with van der Waals surface area (Å²) in [4.78, 5) is 22.0. The second-order valence-corrected chi connectivity index (χ2v) is 4.94. The molecule has 0 bridgehead atoms. The van der Waals surface area contributed by atoms with Crippen molar-refractivity contribution in [1.82, 2.24) is 9.78 Å². The fourth-order valence-electron chi connectivity index (χ4n) is 1.82. The van der Waals surface area contributed by atoms with Gasteiger partial charge in [-0.15, -0.1) is 5.10 Å². The minimum Gasteiger partial charge on any atom is -0.506 e. The zero-order valence-corrected chi connectivity index (χ0v) is 12.8. The van der Waals surface area contributed by atoms with Crippen molar-refractivity contribution in [2.45, 2.75) is 13.0 Å². The van der Waals surface area contributed by atoms with Crippen LogP contribution in [0, 0.1) is 10.1 Å². The van der Waals surface area contributed by atoms with Crippen molar-refractivity contribution in [3.8, 4) is 11.6 Å². The number of rotatable bonds is 6. The van der Waals surface area contributed by atoms with Crippen molar-refractivity contribution in [3.05, 3.63) is 39.5 Å². The molecule has 0 radical (unpaired) electrons. The molecule has 2 N–H and O–H groups in total. The molecule has 0 aliphatic rings. The first kappa shape index (κ1) is 16.6. The molecule has 10 heteroatoms. The largest absolute Gasteiger partial charge is 0.506 e. The predicted molar refractivity (Wildman–Crippen MR) is 81.8 cm³/mol. The minimum atomic E-state index is -0.619. The van der Waals surface area contributed by atoms with Crippen LogP contribution in [0.4, 0.5) is 11.4 Å². The lowest BCUT2D eigenvalue weighted by atomic mass is 10.3.